The van der Waals surface area contributed by atoms with Crippen molar-refractivity contribution < 1.29 is 105 Å². The Bertz CT molecular complexity index is 3900. The highest BCUT2D eigenvalue weighted by atomic mass is 32.2. The van der Waals surface area contributed by atoms with Crippen LogP contribution < -0.4 is 43.0 Å². The molecule has 15 amide bonds. The lowest BCUT2D eigenvalue weighted by Gasteiger charge is -2.41. The van der Waals surface area contributed by atoms with Crippen LogP contribution in [0.4, 0.5) is 24.5 Å². The number of hydroxylamine groups is 2. The summed E-state index contributed by atoms with van der Waals surface area (Å²) in [6, 6.07) is 3.97. The van der Waals surface area contributed by atoms with Crippen LogP contribution in [0.1, 0.15) is 181 Å². The topological polar surface area (TPSA) is 449 Å². The highest BCUT2D eigenvalue weighted by Gasteiger charge is 2.50. The number of urea groups is 1. The van der Waals surface area contributed by atoms with E-state index >= 15 is 4.79 Å². The maximum atomic E-state index is 15.1. The van der Waals surface area contributed by atoms with Crippen molar-refractivity contribution in [2.45, 2.75) is 238 Å². The molecule has 4 aliphatic rings. The van der Waals surface area contributed by atoms with Crippen molar-refractivity contribution in [1.82, 2.24) is 61.5 Å². The van der Waals surface area contributed by atoms with E-state index in [1.54, 1.807) is 71.1 Å². The third-order valence-electron chi connectivity index (χ3n) is 22.3. The standard InChI is InChI=1S/C83H125FN14O21S/c1-17-50(8)71(95(14)79(111)69(48(4)5)92-77(109)70(49(6)7)93(11)12)60(115-15)41-65(102)97-44-57(40-59(97)73(116-16)51(9)74(106)88-52(10)72(105)54-26-28-55(84)29-27-54)118-82(114)94(13)39-37-87-81(113)117-45-53-24-30-56(31-25-53)89-75(107)58(22-21-36-86-80(85)112)90-76(108)68(47(2)3)91-62(99)23-19-18-20-38-96-66(103)42-61(78(96)110)120-46-83(34-35-83)43-67(104)119-98-63(100)32-33-64(98)101/h24-31,47-52,57-61,68-71,73H,17-23,32-46H2,1-16H3,(H,87,113)(H,88,106)(H,89,107)(H,90,108)(H,91,99)(H,92,109)(H3,85,86,112)/t50-,51+,52-,57-,58-,59-,60+,61?,68-,69-,70-,71-,73+/m0/s1. The maximum absolute atomic E-state index is 15.1. The summed E-state index contributed by atoms with van der Waals surface area (Å²) >= 11 is 1.29. The van der Waals surface area contributed by atoms with Crippen LogP contribution in [0.3, 0.4) is 0 Å². The van der Waals surface area contributed by atoms with E-state index in [4.69, 9.17) is 29.5 Å². The molecule has 13 atom stereocenters. The highest BCUT2D eigenvalue weighted by molar-refractivity contribution is 8.00. The van der Waals surface area contributed by atoms with E-state index in [1.165, 1.54) is 71.7 Å². The van der Waals surface area contributed by atoms with Crippen LogP contribution in [0.15, 0.2) is 48.5 Å². The number of halogens is 1. The number of primary amides is 1. The zero-order valence-electron chi connectivity index (χ0n) is 72.0. The average molecular weight is 1710 g/mol. The van der Waals surface area contributed by atoms with E-state index in [-0.39, 0.29) is 144 Å². The van der Waals surface area contributed by atoms with Gasteiger partial charge in [0.05, 0.1) is 66.9 Å². The van der Waals surface area contributed by atoms with Crippen molar-refractivity contribution in [3.8, 4) is 0 Å². The largest absolute Gasteiger partial charge is 0.445 e. The molecule has 3 aliphatic heterocycles. The summed E-state index contributed by atoms with van der Waals surface area (Å²) in [6.07, 6.45) is -1.58. The van der Waals surface area contributed by atoms with Gasteiger partial charge in [0.25, 0.3) is 11.8 Å². The van der Waals surface area contributed by atoms with Gasteiger partial charge >= 0.3 is 24.2 Å². The summed E-state index contributed by atoms with van der Waals surface area (Å²) in [4.78, 5) is 226. The number of likely N-dealkylation sites (tertiary alicyclic amines) is 2. The summed E-state index contributed by atoms with van der Waals surface area (Å²) in [7, 11) is 9.45. The molecule has 9 N–H and O–H groups in total. The van der Waals surface area contributed by atoms with Gasteiger partial charge < -0.3 is 81.4 Å². The van der Waals surface area contributed by atoms with Crippen molar-refractivity contribution in [3.63, 3.8) is 0 Å². The first-order chi connectivity index (χ1) is 56.6. The number of unbranched alkanes of at least 4 members (excludes halogenated alkanes) is 2. The minimum Gasteiger partial charge on any atom is -0.445 e. The van der Waals surface area contributed by atoms with Gasteiger partial charge in [0.15, 0.2) is 5.78 Å². The Labute approximate surface area is 706 Å². The summed E-state index contributed by atoms with van der Waals surface area (Å²) in [5, 5.41) is 18.9. The van der Waals surface area contributed by atoms with Crippen molar-refractivity contribution >= 4 is 112 Å². The molecule has 120 heavy (non-hydrogen) atoms. The number of hydrogen-bond donors (Lipinski definition) is 8. The Morgan fingerprint density at radius 3 is 1.94 bits per heavy atom. The van der Waals surface area contributed by atoms with E-state index in [1.807, 2.05) is 41.5 Å². The van der Waals surface area contributed by atoms with Gasteiger partial charge in [0.1, 0.15) is 36.7 Å². The number of anilines is 1. The number of Topliss-reactive ketones (excluding diaryl/α,β-unsaturated/α-hetero) is 1. The van der Waals surface area contributed by atoms with Crippen LogP contribution in [0.25, 0.3) is 0 Å². The van der Waals surface area contributed by atoms with Gasteiger partial charge in [-0.15, -0.1) is 16.8 Å². The number of nitrogens with one attached hydrogen (secondary N) is 7. The number of nitrogens with two attached hydrogens (primary N) is 1. The summed E-state index contributed by atoms with van der Waals surface area (Å²) in [5.74, 6) is -8.77. The molecule has 3 heterocycles. The predicted molar refractivity (Wildman–Crippen MR) is 440 cm³/mol. The molecule has 4 fully saturated rings. The SMILES string of the molecule is CC[C@H](C)[C@@H]([C@@H](CC(=O)N1C[C@@H](OC(=O)N(C)CCNC(=O)OCc2ccc(NC(=O)[C@H](CCCNC(N)=O)NC(=O)[C@@H](NC(=O)CCCCCN3C(=O)CC(SCC4(CC(=O)ON5C(=O)CCC5=O)CC4)C3=O)C(C)C)cc2)C[C@H]1[C@H](OC)[C@@H](C)C(=O)N[C@@H](C)C(=O)c1ccc(F)cc1)OC)N(C)C(=O)[C@@H](NC(=O)[C@H](C(C)C)N(C)C)C(C)C. The molecule has 37 heteroatoms. The molecule has 0 bridgehead atoms. The average Bonchev–Trinajstić information content (AvgIpc) is 1.60. The summed E-state index contributed by atoms with van der Waals surface area (Å²) < 4.78 is 37.4. The number of carbonyl (C=O) groups excluding carboxylic acids is 16. The normalized spacial score (nSPS) is 18.8. The van der Waals surface area contributed by atoms with E-state index in [0.29, 0.717) is 60.6 Å². The molecule has 2 aromatic rings. The minimum atomic E-state index is -1.17. The van der Waals surface area contributed by atoms with Gasteiger partial charge in [-0.25, -0.2) is 23.6 Å². The second kappa shape index (κ2) is 46.8. The van der Waals surface area contributed by atoms with Crippen molar-refractivity contribution in [1.29, 1.82) is 0 Å². The van der Waals surface area contributed by atoms with Crippen LogP contribution >= 0.6 is 11.8 Å². The molecule has 666 valence electrons. The molecule has 0 spiro atoms. The Kier molecular flexibility index (Phi) is 38.6. The van der Waals surface area contributed by atoms with Gasteiger partial charge in [-0.3, -0.25) is 67.3 Å². The molecular weight excluding hydrogens is 1580 g/mol. The molecule has 1 saturated carbocycles. The lowest BCUT2D eigenvalue weighted by molar-refractivity contribution is -0.198. The fourth-order valence-corrected chi connectivity index (χ4v) is 16.5. The lowest BCUT2D eigenvalue weighted by Crippen LogP contribution is -2.59. The molecule has 6 rings (SSSR count). The molecule has 0 aromatic heterocycles. The van der Waals surface area contributed by atoms with Gasteiger partial charge in [-0.05, 0) is 131 Å². The molecule has 2 aromatic carbocycles. The minimum absolute atomic E-state index is 0.00223. The predicted octanol–water partition coefficient (Wildman–Crippen LogP) is 5.34. The van der Waals surface area contributed by atoms with Gasteiger partial charge in [0.2, 0.25) is 53.2 Å². The first-order valence-electron chi connectivity index (χ1n) is 41.2. The first kappa shape index (κ1) is 98.9. The number of likely N-dealkylation sites (N-methyl/N-ethyl adjacent to an activating group) is 3. The van der Waals surface area contributed by atoms with E-state index in [0.717, 1.165) is 12.1 Å². The first-order valence-corrected chi connectivity index (χ1v) is 42.3. The molecule has 35 nitrogen and oxygen atoms in total. The van der Waals surface area contributed by atoms with Crippen LogP contribution in [-0.2, 0) is 87.9 Å². The number of carbonyl (C=O) groups is 16. The molecule has 3 saturated heterocycles. The fraction of sp³-hybridized carbons (Fsp3) is 0.663. The number of nitrogens with zero attached hydrogens (tertiary/aromatic N) is 6. The number of hydrogen-bond acceptors (Lipinski definition) is 23. The van der Waals surface area contributed by atoms with Gasteiger partial charge in [-0.2, -0.15) is 0 Å². The monoisotopic (exact) mass is 1700 g/mol. The van der Waals surface area contributed by atoms with Crippen LogP contribution in [-0.4, -0.2) is 271 Å². The Morgan fingerprint density at radius 1 is 0.708 bits per heavy atom. The van der Waals surface area contributed by atoms with Crippen LogP contribution in [0.5, 0.6) is 0 Å². The van der Waals surface area contributed by atoms with Crippen molar-refractivity contribution in [3.05, 3.63) is 65.5 Å². The quantitative estimate of drug-likeness (QED) is 0.0235. The Hall–Kier alpha value is -9.88. The molecular formula is C83H125FN14O21S. The van der Waals surface area contributed by atoms with E-state index < -0.39 is 160 Å². The fourth-order valence-electron chi connectivity index (χ4n) is 15.0. The van der Waals surface area contributed by atoms with Crippen LogP contribution in [0.2, 0.25) is 0 Å². The zero-order valence-corrected chi connectivity index (χ0v) is 72.8. The number of rotatable bonds is 48. The second-order valence-corrected chi connectivity index (χ2v) is 34.1. The number of methoxy groups -OCH3 is 2. The third-order valence-corrected chi connectivity index (χ3v) is 23.9. The smallest absolute Gasteiger partial charge is 0.409 e. The van der Waals surface area contributed by atoms with Crippen molar-refractivity contribution in [2.24, 2.45) is 40.7 Å². The van der Waals surface area contributed by atoms with Crippen LogP contribution in [0, 0.1) is 40.8 Å². The summed E-state index contributed by atoms with van der Waals surface area (Å²) in [5.41, 5.74) is 5.79. The lowest BCUT2D eigenvalue weighted by atomic mass is 9.89. The Balaban J connectivity index is 1.00. The maximum Gasteiger partial charge on any atom is 0.409 e. The molecule has 1 unspecified atom stereocenters. The number of ketones is 1. The molecule has 0 radical (unpaired) electrons. The third kappa shape index (κ3) is 28.9. The van der Waals surface area contributed by atoms with Gasteiger partial charge in [0, 0.05) is 104 Å². The van der Waals surface area contributed by atoms with E-state index in [2.05, 4.69) is 37.2 Å². The van der Waals surface area contributed by atoms with Crippen molar-refractivity contribution in [2.75, 3.05) is 86.2 Å². The number of ether oxygens (including phenoxy) is 4. The zero-order chi connectivity index (χ0) is 89.2. The molecule has 1 aliphatic carbocycles. The van der Waals surface area contributed by atoms with E-state index in [9.17, 15) is 76.3 Å². The number of benzene rings is 2. The second-order valence-electron chi connectivity index (χ2n) is 32.9. The number of imide groups is 2. The number of amides is 15. The number of alkyl carbamates (subject to hydrolysis) is 1. The highest BCUT2D eigenvalue weighted by Crippen LogP contribution is 2.52. The Morgan fingerprint density at radius 2 is 1.36 bits per heavy atom. The number of thioether (sulfide) groups is 1. The summed E-state index contributed by atoms with van der Waals surface area (Å²) in [6.45, 7) is 17.5. The van der Waals surface area contributed by atoms with Gasteiger partial charge in [-0.1, -0.05) is 87.3 Å².